The van der Waals surface area contributed by atoms with Crippen LogP contribution in [0.4, 0.5) is 11.5 Å². The van der Waals surface area contributed by atoms with E-state index < -0.39 is 11.9 Å². The predicted octanol–water partition coefficient (Wildman–Crippen LogP) is -0.646. The Morgan fingerprint density at radius 2 is 2.38 bits per heavy atom. The van der Waals surface area contributed by atoms with Crippen LogP contribution in [0, 0.1) is 0 Å². The largest absolute Gasteiger partial charge is 0.384 e. The van der Waals surface area contributed by atoms with Crippen LogP contribution in [0.15, 0.2) is 18.3 Å². The smallest absolute Gasteiger partial charge is 0.242 e. The van der Waals surface area contributed by atoms with Gasteiger partial charge in [-0.25, -0.2) is 4.98 Å². The fraction of sp³-hybridized carbons (Fsp3) is 0.400. The van der Waals surface area contributed by atoms with Crippen molar-refractivity contribution in [3.63, 3.8) is 0 Å². The topological polar surface area (TPSA) is 94.5 Å². The van der Waals surface area contributed by atoms with Crippen LogP contribution in [0.25, 0.3) is 0 Å². The van der Waals surface area contributed by atoms with Crippen molar-refractivity contribution >= 4 is 17.4 Å². The SMILES string of the molecule is NC(=O)C1COCCN1c1ccc(N)nc1. The van der Waals surface area contributed by atoms with Crippen molar-refractivity contribution in [3.8, 4) is 0 Å². The van der Waals surface area contributed by atoms with E-state index in [4.69, 9.17) is 16.2 Å². The van der Waals surface area contributed by atoms with Gasteiger partial charge in [0.15, 0.2) is 0 Å². The summed E-state index contributed by atoms with van der Waals surface area (Å²) in [6.45, 7) is 1.52. The fourth-order valence-electron chi connectivity index (χ4n) is 1.72. The maximum absolute atomic E-state index is 11.3. The number of nitrogen functional groups attached to an aromatic ring is 1. The van der Waals surface area contributed by atoms with Crippen molar-refractivity contribution < 1.29 is 9.53 Å². The van der Waals surface area contributed by atoms with Gasteiger partial charge in [0.1, 0.15) is 11.9 Å². The minimum absolute atomic E-state index is 0.319. The highest BCUT2D eigenvalue weighted by Crippen LogP contribution is 2.19. The molecule has 1 amide bonds. The van der Waals surface area contributed by atoms with Crippen LogP contribution in [0.2, 0.25) is 0 Å². The lowest BCUT2D eigenvalue weighted by Crippen LogP contribution is -2.52. The molecule has 1 fully saturated rings. The number of carbonyl (C=O) groups excluding carboxylic acids is 1. The third-order valence-electron chi connectivity index (χ3n) is 2.56. The highest BCUT2D eigenvalue weighted by Gasteiger charge is 2.27. The van der Waals surface area contributed by atoms with E-state index in [1.54, 1.807) is 12.3 Å². The number of nitrogens with zero attached hydrogens (tertiary/aromatic N) is 2. The zero-order valence-corrected chi connectivity index (χ0v) is 8.80. The number of carbonyl (C=O) groups is 1. The van der Waals surface area contributed by atoms with Crippen LogP contribution >= 0.6 is 0 Å². The van der Waals surface area contributed by atoms with E-state index in [0.717, 1.165) is 5.69 Å². The maximum atomic E-state index is 11.3. The Morgan fingerprint density at radius 3 is 3.00 bits per heavy atom. The fourth-order valence-corrected chi connectivity index (χ4v) is 1.72. The Kier molecular flexibility index (Phi) is 2.91. The van der Waals surface area contributed by atoms with Crippen LogP contribution in [0.3, 0.4) is 0 Å². The van der Waals surface area contributed by atoms with Crippen molar-refractivity contribution in [1.82, 2.24) is 4.98 Å². The van der Waals surface area contributed by atoms with Gasteiger partial charge >= 0.3 is 0 Å². The number of aromatic nitrogens is 1. The second-order valence-corrected chi connectivity index (χ2v) is 3.63. The summed E-state index contributed by atoms with van der Waals surface area (Å²) in [5.74, 6) is 0.0594. The number of hydrogen-bond donors (Lipinski definition) is 2. The van der Waals surface area contributed by atoms with E-state index in [9.17, 15) is 4.79 Å². The van der Waals surface area contributed by atoms with Crippen LogP contribution < -0.4 is 16.4 Å². The molecule has 0 saturated carbocycles. The molecule has 86 valence electrons. The van der Waals surface area contributed by atoms with Gasteiger partial charge in [-0.15, -0.1) is 0 Å². The molecule has 1 aromatic heterocycles. The minimum Gasteiger partial charge on any atom is -0.384 e. The summed E-state index contributed by atoms with van der Waals surface area (Å²) in [7, 11) is 0. The van der Waals surface area contributed by atoms with Crippen molar-refractivity contribution in [2.45, 2.75) is 6.04 Å². The highest BCUT2D eigenvalue weighted by molar-refractivity contribution is 5.84. The average molecular weight is 222 g/mol. The Bertz CT molecular complexity index is 379. The molecular formula is C10H14N4O2. The summed E-state index contributed by atoms with van der Waals surface area (Å²) >= 11 is 0. The summed E-state index contributed by atoms with van der Waals surface area (Å²) in [6, 6.07) is 3.09. The number of ether oxygens (including phenoxy) is 1. The number of rotatable bonds is 2. The van der Waals surface area contributed by atoms with Gasteiger partial charge in [0, 0.05) is 6.54 Å². The number of pyridine rings is 1. The first-order valence-corrected chi connectivity index (χ1v) is 5.03. The van der Waals surface area contributed by atoms with Gasteiger partial charge in [0.2, 0.25) is 5.91 Å². The molecule has 0 spiro atoms. The molecule has 1 atom stereocenters. The molecule has 1 aliphatic rings. The third kappa shape index (κ3) is 2.06. The zero-order chi connectivity index (χ0) is 11.5. The first-order chi connectivity index (χ1) is 7.68. The number of nitrogens with two attached hydrogens (primary N) is 2. The van der Waals surface area contributed by atoms with E-state index in [-0.39, 0.29) is 0 Å². The molecule has 0 aromatic carbocycles. The predicted molar refractivity (Wildman–Crippen MR) is 59.8 cm³/mol. The number of morpholine rings is 1. The molecule has 1 aromatic rings. The van der Waals surface area contributed by atoms with Crippen molar-refractivity contribution in [1.29, 1.82) is 0 Å². The van der Waals surface area contributed by atoms with Crippen molar-refractivity contribution in [2.75, 3.05) is 30.4 Å². The molecular weight excluding hydrogens is 208 g/mol. The number of amides is 1. The van der Waals surface area contributed by atoms with Gasteiger partial charge in [-0.05, 0) is 12.1 Å². The lowest BCUT2D eigenvalue weighted by atomic mass is 10.2. The van der Waals surface area contributed by atoms with Crippen molar-refractivity contribution in [2.24, 2.45) is 5.73 Å². The molecule has 0 radical (unpaired) electrons. The van der Waals surface area contributed by atoms with E-state index in [2.05, 4.69) is 4.98 Å². The molecule has 2 rings (SSSR count). The molecule has 0 aliphatic carbocycles. The van der Waals surface area contributed by atoms with E-state index in [1.807, 2.05) is 11.0 Å². The molecule has 6 heteroatoms. The van der Waals surface area contributed by atoms with Crippen LogP contribution in [0.1, 0.15) is 0 Å². The quantitative estimate of drug-likeness (QED) is 0.693. The molecule has 1 unspecified atom stereocenters. The second kappa shape index (κ2) is 4.36. The summed E-state index contributed by atoms with van der Waals surface area (Å²) in [5, 5.41) is 0. The minimum atomic E-state index is -0.431. The van der Waals surface area contributed by atoms with Crippen LogP contribution in [-0.4, -0.2) is 36.7 Å². The maximum Gasteiger partial charge on any atom is 0.242 e. The van der Waals surface area contributed by atoms with Crippen molar-refractivity contribution in [3.05, 3.63) is 18.3 Å². The summed E-state index contributed by atoms with van der Waals surface area (Å²) in [4.78, 5) is 17.1. The summed E-state index contributed by atoms with van der Waals surface area (Å²) in [5.41, 5.74) is 11.7. The Balaban J connectivity index is 2.23. The molecule has 0 bridgehead atoms. The average Bonchev–Trinajstić information content (AvgIpc) is 2.30. The molecule has 6 nitrogen and oxygen atoms in total. The van der Waals surface area contributed by atoms with Gasteiger partial charge < -0.3 is 21.1 Å². The molecule has 4 N–H and O–H groups in total. The summed E-state index contributed by atoms with van der Waals surface area (Å²) < 4.78 is 5.23. The lowest BCUT2D eigenvalue weighted by molar-refractivity contribution is -0.121. The van der Waals surface area contributed by atoms with Gasteiger partial charge in [-0.1, -0.05) is 0 Å². The van der Waals surface area contributed by atoms with Crippen LogP contribution in [-0.2, 0) is 9.53 Å². The van der Waals surface area contributed by atoms with E-state index >= 15 is 0 Å². The number of hydrogen-bond acceptors (Lipinski definition) is 5. The standard InChI is InChI=1S/C10H14N4O2/c11-9-2-1-7(5-13-9)14-3-4-16-6-8(14)10(12)15/h1-2,5,8H,3-4,6H2,(H2,11,13)(H2,12,15). The van der Waals surface area contributed by atoms with E-state index in [1.165, 1.54) is 0 Å². The van der Waals surface area contributed by atoms with Gasteiger partial charge in [-0.2, -0.15) is 0 Å². The monoisotopic (exact) mass is 222 g/mol. The first-order valence-electron chi connectivity index (χ1n) is 5.03. The third-order valence-corrected chi connectivity index (χ3v) is 2.56. The summed E-state index contributed by atoms with van der Waals surface area (Å²) in [6.07, 6.45) is 1.64. The van der Waals surface area contributed by atoms with E-state index in [0.29, 0.717) is 25.6 Å². The van der Waals surface area contributed by atoms with Gasteiger partial charge in [0.25, 0.3) is 0 Å². The van der Waals surface area contributed by atoms with Gasteiger partial charge in [-0.3, -0.25) is 4.79 Å². The Morgan fingerprint density at radius 1 is 1.56 bits per heavy atom. The first kappa shape index (κ1) is 10.7. The normalized spacial score (nSPS) is 20.8. The molecule has 1 aliphatic heterocycles. The molecule has 1 saturated heterocycles. The lowest BCUT2D eigenvalue weighted by Gasteiger charge is -2.35. The second-order valence-electron chi connectivity index (χ2n) is 3.63. The van der Waals surface area contributed by atoms with Gasteiger partial charge in [0.05, 0.1) is 25.1 Å². The highest BCUT2D eigenvalue weighted by atomic mass is 16.5. The van der Waals surface area contributed by atoms with Crippen LogP contribution in [0.5, 0.6) is 0 Å². The molecule has 2 heterocycles. The number of primary amides is 1. The number of anilines is 2. The molecule has 16 heavy (non-hydrogen) atoms. The Labute approximate surface area is 93.2 Å². The zero-order valence-electron chi connectivity index (χ0n) is 8.80. The Hall–Kier alpha value is -1.82.